The zero-order chi connectivity index (χ0) is 15.9. The largest absolute Gasteiger partial charge is 0.277 e. The lowest BCUT2D eigenvalue weighted by Crippen LogP contribution is -2.14. The molecule has 2 aromatic carbocycles. The summed E-state index contributed by atoms with van der Waals surface area (Å²) < 4.78 is 28.1. The maximum Gasteiger partial charge on any atom is 0.261 e. The van der Waals surface area contributed by atoms with Crippen LogP contribution in [0.1, 0.15) is 24.0 Å². The number of nitrogens with zero attached hydrogens (tertiary/aromatic N) is 1. The average molecular weight is 327 g/mol. The van der Waals surface area contributed by atoms with Gasteiger partial charge in [0.25, 0.3) is 10.0 Å². The number of anilines is 1. The van der Waals surface area contributed by atoms with Gasteiger partial charge in [-0.25, -0.2) is 8.42 Å². The first kappa shape index (κ1) is 14.3. The number of H-pyrrole nitrogens is 1. The van der Waals surface area contributed by atoms with Crippen molar-refractivity contribution in [1.82, 2.24) is 10.2 Å². The number of rotatable bonds is 3. The van der Waals surface area contributed by atoms with E-state index >= 15 is 0 Å². The van der Waals surface area contributed by atoms with Gasteiger partial charge in [-0.2, -0.15) is 5.10 Å². The van der Waals surface area contributed by atoms with E-state index in [0.717, 1.165) is 30.2 Å². The maximum atomic E-state index is 12.7. The molecular formula is C17H17N3O2S. The Morgan fingerprint density at radius 1 is 1.04 bits per heavy atom. The summed E-state index contributed by atoms with van der Waals surface area (Å²) in [6, 6.07) is 10.9. The van der Waals surface area contributed by atoms with Crippen LogP contribution in [0, 0.1) is 0 Å². The fraction of sp³-hybridized carbons (Fsp3) is 0.235. The van der Waals surface area contributed by atoms with E-state index in [1.807, 2.05) is 24.3 Å². The highest BCUT2D eigenvalue weighted by molar-refractivity contribution is 7.92. The Labute approximate surface area is 134 Å². The summed E-state index contributed by atoms with van der Waals surface area (Å²) in [5.74, 6) is 0. The molecule has 0 aliphatic heterocycles. The summed E-state index contributed by atoms with van der Waals surface area (Å²) in [6.07, 6.45) is 5.97. The van der Waals surface area contributed by atoms with Crippen LogP contribution in [0.5, 0.6) is 0 Å². The van der Waals surface area contributed by atoms with Crippen LogP contribution in [-0.2, 0) is 22.9 Å². The minimum atomic E-state index is -3.61. The van der Waals surface area contributed by atoms with Gasteiger partial charge in [0.15, 0.2) is 0 Å². The molecule has 0 fully saturated rings. The van der Waals surface area contributed by atoms with E-state index in [4.69, 9.17) is 0 Å². The van der Waals surface area contributed by atoms with E-state index < -0.39 is 10.0 Å². The maximum absolute atomic E-state index is 12.7. The summed E-state index contributed by atoms with van der Waals surface area (Å²) >= 11 is 0. The zero-order valence-corrected chi connectivity index (χ0v) is 13.4. The fourth-order valence-corrected chi connectivity index (χ4v) is 4.26. The molecule has 23 heavy (non-hydrogen) atoms. The molecule has 0 bridgehead atoms. The zero-order valence-electron chi connectivity index (χ0n) is 12.5. The van der Waals surface area contributed by atoms with Crippen LogP contribution in [0.25, 0.3) is 10.9 Å². The fourth-order valence-electron chi connectivity index (χ4n) is 3.13. The Kier molecular flexibility index (Phi) is 3.34. The molecule has 6 heteroatoms. The highest BCUT2D eigenvalue weighted by Crippen LogP contribution is 2.27. The average Bonchev–Trinajstić information content (AvgIpc) is 3.04. The van der Waals surface area contributed by atoms with Gasteiger partial charge in [0.2, 0.25) is 0 Å². The predicted octanol–water partition coefficient (Wildman–Crippen LogP) is 3.24. The third-order valence-electron chi connectivity index (χ3n) is 4.35. The highest BCUT2D eigenvalue weighted by Gasteiger charge is 2.19. The predicted molar refractivity (Wildman–Crippen MR) is 90.0 cm³/mol. The Balaban J connectivity index is 1.72. The van der Waals surface area contributed by atoms with Gasteiger partial charge in [0, 0.05) is 5.39 Å². The quantitative estimate of drug-likeness (QED) is 0.775. The number of fused-ring (bicyclic) bond motifs is 2. The smallest absolute Gasteiger partial charge is 0.261 e. The van der Waals surface area contributed by atoms with Crippen LogP contribution in [0.3, 0.4) is 0 Å². The van der Waals surface area contributed by atoms with E-state index in [1.54, 1.807) is 18.3 Å². The molecule has 4 rings (SSSR count). The van der Waals surface area contributed by atoms with Crippen molar-refractivity contribution in [2.24, 2.45) is 0 Å². The summed E-state index contributed by atoms with van der Waals surface area (Å²) in [7, 11) is -3.61. The molecule has 0 spiro atoms. The molecule has 1 aliphatic carbocycles. The summed E-state index contributed by atoms with van der Waals surface area (Å²) in [6.45, 7) is 0. The molecule has 3 aromatic rings. The van der Waals surface area contributed by atoms with Crippen LogP contribution >= 0.6 is 0 Å². The molecule has 0 radical (unpaired) electrons. The topological polar surface area (TPSA) is 74.8 Å². The van der Waals surface area contributed by atoms with Gasteiger partial charge < -0.3 is 0 Å². The molecule has 1 aromatic heterocycles. The van der Waals surface area contributed by atoms with Crippen molar-refractivity contribution in [1.29, 1.82) is 0 Å². The molecular weight excluding hydrogens is 310 g/mol. The number of sulfonamides is 1. The number of para-hydroxylation sites is 1. The van der Waals surface area contributed by atoms with Crippen molar-refractivity contribution in [3.8, 4) is 0 Å². The Morgan fingerprint density at radius 3 is 2.74 bits per heavy atom. The van der Waals surface area contributed by atoms with E-state index in [9.17, 15) is 8.42 Å². The lowest BCUT2D eigenvalue weighted by molar-refractivity contribution is 0.600. The van der Waals surface area contributed by atoms with Crippen LogP contribution in [0.15, 0.2) is 47.5 Å². The summed E-state index contributed by atoms with van der Waals surface area (Å²) in [4.78, 5) is 0.315. The monoisotopic (exact) mass is 327 g/mol. The highest BCUT2D eigenvalue weighted by atomic mass is 32.2. The normalized spacial score (nSPS) is 14.6. The first-order valence-corrected chi connectivity index (χ1v) is 9.18. The second-order valence-corrected chi connectivity index (χ2v) is 7.57. The van der Waals surface area contributed by atoms with Gasteiger partial charge in [-0.15, -0.1) is 0 Å². The lowest BCUT2D eigenvalue weighted by Gasteiger charge is -2.17. The third kappa shape index (κ3) is 2.59. The van der Waals surface area contributed by atoms with Crippen molar-refractivity contribution in [2.75, 3.05) is 4.72 Å². The molecule has 2 N–H and O–H groups in total. The minimum absolute atomic E-state index is 0.315. The van der Waals surface area contributed by atoms with Crippen molar-refractivity contribution in [3.05, 3.63) is 53.7 Å². The first-order valence-electron chi connectivity index (χ1n) is 7.70. The Morgan fingerprint density at radius 2 is 1.87 bits per heavy atom. The number of aromatic amines is 1. The van der Waals surface area contributed by atoms with E-state index in [0.29, 0.717) is 16.1 Å². The molecule has 0 unspecified atom stereocenters. The van der Waals surface area contributed by atoms with Gasteiger partial charge in [-0.1, -0.05) is 18.2 Å². The number of nitrogens with one attached hydrogen (secondary N) is 2. The number of benzene rings is 2. The van der Waals surface area contributed by atoms with Crippen LogP contribution in [0.4, 0.5) is 5.69 Å². The van der Waals surface area contributed by atoms with Crippen molar-refractivity contribution < 1.29 is 8.42 Å². The molecule has 0 amide bonds. The lowest BCUT2D eigenvalue weighted by atomic mass is 9.92. The molecule has 118 valence electrons. The van der Waals surface area contributed by atoms with Gasteiger partial charge >= 0.3 is 0 Å². The minimum Gasteiger partial charge on any atom is -0.277 e. The summed E-state index contributed by atoms with van der Waals surface area (Å²) in [5, 5.41) is 7.67. The Bertz CT molecular complexity index is 976. The van der Waals surface area contributed by atoms with Gasteiger partial charge in [0.05, 0.1) is 22.3 Å². The van der Waals surface area contributed by atoms with E-state index in [1.165, 1.54) is 12.0 Å². The number of aromatic nitrogens is 2. The SMILES string of the molecule is O=S(=O)(Nc1cccc2cn[nH]c12)c1ccc2c(c1)CCCC2. The van der Waals surface area contributed by atoms with Crippen LogP contribution < -0.4 is 4.72 Å². The number of hydrogen-bond donors (Lipinski definition) is 2. The standard InChI is InChI=1S/C17H17N3O2S/c21-23(22,15-9-8-12-4-1-2-5-13(12)10-15)20-16-7-3-6-14-11-18-19-17(14)16/h3,6-11,20H,1-2,4-5H2,(H,18,19). The number of hydrogen-bond acceptors (Lipinski definition) is 3. The van der Waals surface area contributed by atoms with Crippen molar-refractivity contribution >= 4 is 26.6 Å². The first-order chi connectivity index (χ1) is 11.1. The third-order valence-corrected chi connectivity index (χ3v) is 5.71. The Hall–Kier alpha value is -2.34. The van der Waals surface area contributed by atoms with Crippen molar-refractivity contribution in [2.45, 2.75) is 30.6 Å². The van der Waals surface area contributed by atoms with Gasteiger partial charge in [-0.3, -0.25) is 9.82 Å². The molecule has 1 heterocycles. The van der Waals surface area contributed by atoms with Gasteiger partial charge in [0.1, 0.15) is 0 Å². The molecule has 0 saturated heterocycles. The second-order valence-electron chi connectivity index (χ2n) is 5.88. The molecule has 1 aliphatic rings. The summed E-state index contributed by atoms with van der Waals surface area (Å²) in [5.41, 5.74) is 3.62. The second kappa shape index (κ2) is 5.38. The van der Waals surface area contributed by atoms with Crippen LogP contribution in [-0.4, -0.2) is 18.6 Å². The molecule has 5 nitrogen and oxygen atoms in total. The van der Waals surface area contributed by atoms with E-state index in [2.05, 4.69) is 14.9 Å². The van der Waals surface area contributed by atoms with Gasteiger partial charge in [-0.05, 0) is 55.0 Å². The van der Waals surface area contributed by atoms with Crippen molar-refractivity contribution in [3.63, 3.8) is 0 Å². The van der Waals surface area contributed by atoms with Crippen LogP contribution in [0.2, 0.25) is 0 Å². The molecule has 0 atom stereocenters. The molecule has 0 saturated carbocycles. The van der Waals surface area contributed by atoms with E-state index in [-0.39, 0.29) is 0 Å². The number of aryl methyl sites for hydroxylation is 2.